The second kappa shape index (κ2) is 9.64. The summed E-state index contributed by atoms with van der Waals surface area (Å²) < 4.78 is 115. The lowest BCUT2D eigenvalue weighted by molar-refractivity contribution is -0.392. The second-order valence-corrected chi connectivity index (χ2v) is 11.0. The first-order valence-electron chi connectivity index (χ1n) is 11.2. The summed E-state index contributed by atoms with van der Waals surface area (Å²) in [5.74, 6) is 0. The number of halogens is 6. The molecule has 0 heterocycles. The summed E-state index contributed by atoms with van der Waals surface area (Å²) in [4.78, 5) is 0.00824. The minimum atomic E-state index is -5.86. The third-order valence-electron chi connectivity index (χ3n) is 6.54. The zero-order valence-corrected chi connectivity index (χ0v) is 20.1. The molecule has 0 amide bonds. The smallest absolute Gasteiger partial charge is 0.349 e. The Kier molecular flexibility index (Phi) is 7.02. The Morgan fingerprint density at radius 1 is 0.703 bits per heavy atom. The van der Waals surface area contributed by atoms with E-state index in [1.807, 2.05) is 0 Å². The van der Waals surface area contributed by atoms with Gasteiger partial charge in [-0.1, -0.05) is 84.9 Å². The molecule has 3 aromatic carbocycles. The van der Waals surface area contributed by atoms with Gasteiger partial charge in [-0.25, -0.2) is 8.42 Å². The fraction of sp³-hybridized carbons (Fsp3) is 0.259. The van der Waals surface area contributed by atoms with Gasteiger partial charge in [0.1, 0.15) is 4.75 Å². The lowest BCUT2D eigenvalue weighted by Gasteiger charge is -2.38. The van der Waals surface area contributed by atoms with Crippen LogP contribution in [-0.2, 0) is 31.5 Å². The molecule has 37 heavy (non-hydrogen) atoms. The summed E-state index contributed by atoms with van der Waals surface area (Å²) in [6, 6.07) is 18.1. The van der Waals surface area contributed by atoms with Crippen LogP contribution in [0.5, 0.6) is 0 Å². The number of rotatable bonds is 7. The predicted octanol–water partition coefficient (Wildman–Crippen LogP) is 7.24. The Morgan fingerprint density at radius 3 is 1.68 bits per heavy atom. The van der Waals surface area contributed by atoms with Gasteiger partial charge in [-0.05, 0) is 36.1 Å². The van der Waals surface area contributed by atoms with Crippen LogP contribution in [-0.4, -0.2) is 20.8 Å². The fourth-order valence-electron chi connectivity index (χ4n) is 4.58. The van der Waals surface area contributed by atoms with Crippen LogP contribution in [0.3, 0.4) is 0 Å². The number of benzene rings is 3. The van der Waals surface area contributed by atoms with Crippen LogP contribution in [0.1, 0.15) is 29.5 Å². The number of ether oxygens (including phenoxy) is 1. The van der Waals surface area contributed by atoms with Gasteiger partial charge in [0.15, 0.2) is 9.84 Å². The fourth-order valence-corrected chi connectivity index (χ4v) is 6.62. The van der Waals surface area contributed by atoms with Crippen molar-refractivity contribution in [3.05, 3.63) is 114 Å². The minimum absolute atomic E-state index is 0.00824. The van der Waals surface area contributed by atoms with Crippen LogP contribution in [0.2, 0.25) is 0 Å². The van der Waals surface area contributed by atoms with E-state index in [4.69, 9.17) is 0 Å². The number of hydrogen-bond acceptors (Lipinski definition) is 3. The molecule has 0 unspecified atom stereocenters. The maximum absolute atomic E-state index is 14.2. The zero-order chi connectivity index (χ0) is 27.0. The van der Waals surface area contributed by atoms with Crippen molar-refractivity contribution in [3.8, 4) is 0 Å². The van der Waals surface area contributed by atoms with E-state index in [2.05, 4.69) is 4.74 Å². The Bertz CT molecular complexity index is 1330. The van der Waals surface area contributed by atoms with Crippen molar-refractivity contribution in [1.82, 2.24) is 0 Å². The number of sulfone groups is 1. The van der Waals surface area contributed by atoms with E-state index in [9.17, 15) is 34.8 Å². The third kappa shape index (κ3) is 4.57. The maximum atomic E-state index is 14.2. The van der Waals surface area contributed by atoms with Gasteiger partial charge in [0.05, 0.1) is 11.5 Å². The average Bonchev–Trinajstić information content (AvgIpc) is 3.36. The highest BCUT2D eigenvalue weighted by Gasteiger charge is 2.73. The molecule has 10 heteroatoms. The van der Waals surface area contributed by atoms with Crippen molar-refractivity contribution in [1.29, 1.82) is 0 Å². The van der Waals surface area contributed by atoms with Crippen LogP contribution in [0, 0.1) is 0 Å². The molecular weight excluding hydrogens is 518 g/mol. The largest absolute Gasteiger partial charge is 0.430 e. The van der Waals surface area contributed by atoms with Crippen molar-refractivity contribution >= 4 is 9.84 Å². The van der Waals surface area contributed by atoms with E-state index >= 15 is 0 Å². The average molecular weight is 541 g/mol. The van der Waals surface area contributed by atoms with Gasteiger partial charge in [0.25, 0.3) is 5.60 Å². The van der Waals surface area contributed by atoms with Gasteiger partial charge < -0.3 is 4.74 Å². The van der Waals surface area contributed by atoms with E-state index in [1.54, 1.807) is 24.3 Å². The van der Waals surface area contributed by atoms with E-state index in [0.717, 1.165) is 12.1 Å². The second-order valence-electron chi connectivity index (χ2n) is 8.72. The monoisotopic (exact) mass is 540 g/mol. The van der Waals surface area contributed by atoms with Crippen LogP contribution in [0.15, 0.2) is 102 Å². The van der Waals surface area contributed by atoms with Gasteiger partial charge in [-0.2, -0.15) is 26.3 Å². The summed E-state index contributed by atoms with van der Waals surface area (Å²) >= 11 is 0. The zero-order valence-electron chi connectivity index (χ0n) is 19.3. The molecule has 0 atom stereocenters. The summed E-state index contributed by atoms with van der Waals surface area (Å²) in [7, 11) is -4.04. The Labute approximate surface area is 210 Å². The Balaban J connectivity index is 1.80. The normalized spacial score (nSPS) is 16.2. The molecule has 0 spiro atoms. The summed E-state index contributed by atoms with van der Waals surface area (Å²) in [5.41, 5.74) is -5.59. The van der Waals surface area contributed by atoms with Gasteiger partial charge in [-0.3, -0.25) is 0 Å². The van der Waals surface area contributed by atoms with E-state index < -0.39 is 44.7 Å². The van der Waals surface area contributed by atoms with Crippen molar-refractivity contribution < 1.29 is 39.5 Å². The van der Waals surface area contributed by atoms with E-state index in [1.165, 1.54) is 48.5 Å². The molecule has 0 aromatic heterocycles. The van der Waals surface area contributed by atoms with E-state index in [-0.39, 0.29) is 28.9 Å². The van der Waals surface area contributed by atoms with Gasteiger partial charge in [0.2, 0.25) is 0 Å². The molecule has 196 valence electrons. The first-order valence-corrected chi connectivity index (χ1v) is 12.7. The SMILES string of the molecule is O=S(=O)(c1ccccc1)C1(c2ccc(C(OCc3ccccc3)(C(F)(F)F)C(F)(F)F)cc2)CC=CC1. The molecule has 0 aliphatic heterocycles. The highest BCUT2D eigenvalue weighted by Crippen LogP contribution is 2.54. The maximum Gasteiger partial charge on any atom is 0.430 e. The number of hydrogen-bond donors (Lipinski definition) is 0. The molecule has 0 N–H and O–H groups in total. The van der Waals surface area contributed by atoms with Crippen molar-refractivity contribution in [2.75, 3.05) is 0 Å². The molecule has 0 saturated heterocycles. The first kappa shape index (κ1) is 26.9. The van der Waals surface area contributed by atoms with Gasteiger partial charge >= 0.3 is 12.4 Å². The third-order valence-corrected chi connectivity index (χ3v) is 9.03. The molecule has 3 aromatic rings. The van der Waals surface area contributed by atoms with Crippen LogP contribution in [0.25, 0.3) is 0 Å². The molecule has 0 radical (unpaired) electrons. The molecule has 3 nitrogen and oxygen atoms in total. The molecular formula is C27H22F6O3S. The quantitative estimate of drug-likeness (QED) is 0.234. The Morgan fingerprint density at radius 2 is 1.19 bits per heavy atom. The number of allylic oxidation sites excluding steroid dienone is 2. The predicted molar refractivity (Wildman–Crippen MR) is 125 cm³/mol. The molecule has 4 rings (SSSR count). The molecule has 1 aliphatic rings. The topological polar surface area (TPSA) is 43.4 Å². The summed E-state index contributed by atoms with van der Waals surface area (Å²) in [6.07, 6.45) is -8.40. The molecule has 0 saturated carbocycles. The van der Waals surface area contributed by atoms with Crippen molar-refractivity contribution in [3.63, 3.8) is 0 Å². The standard InChI is InChI=1S/C27H22F6O3S/c28-26(29,30)25(27(31,32)33,36-19-20-9-3-1-4-10-20)22-15-13-21(14-16-22)24(17-7-8-18-24)37(34,35)23-11-5-2-6-12-23/h1-16H,17-19H2. The van der Waals surface area contributed by atoms with Gasteiger partial charge in [0, 0.05) is 5.56 Å². The molecule has 0 bridgehead atoms. The van der Waals surface area contributed by atoms with Gasteiger partial charge in [-0.15, -0.1) is 0 Å². The summed E-state index contributed by atoms with van der Waals surface area (Å²) in [6.45, 7) is -0.947. The lowest BCUT2D eigenvalue weighted by atomic mass is 9.88. The molecule has 0 fully saturated rings. The van der Waals surface area contributed by atoms with Crippen molar-refractivity contribution in [2.45, 2.75) is 47.0 Å². The first-order chi connectivity index (χ1) is 17.4. The van der Waals surface area contributed by atoms with Crippen molar-refractivity contribution in [2.24, 2.45) is 0 Å². The van der Waals surface area contributed by atoms with Crippen LogP contribution >= 0.6 is 0 Å². The summed E-state index contributed by atoms with van der Waals surface area (Å²) in [5, 5.41) is 0. The van der Waals surface area contributed by atoms with E-state index in [0.29, 0.717) is 12.1 Å². The Hall–Kier alpha value is -3.11. The van der Waals surface area contributed by atoms with Crippen LogP contribution < -0.4 is 0 Å². The molecule has 1 aliphatic carbocycles. The lowest BCUT2D eigenvalue weighted by Crippen LogP contribution is -2.55. The highest BCUT2D eigenvalue weighted by molar-refractivity contribution is 7.92. The van der Waals surface area contributed by atoms with Crippen LogP contribution in [0.4, 0.5) is 26.3 Å². The minimum Gasteiger partial charge on any atom is -0.349 e. The number of alkyl halides is 6. The highest BCUT2D eigenvalue weighted by atomic mass is 32.2.